The van der Waals surface area contributed by atoms with Crippen LogP contribution in [0.5, 0.6) is 0 Å². The van der Waals surface area contributed by atoms with Crippen LogP contribution in [0.25, 0.3) is 0 Å². The molecule has 0 aliphatic rings. The highest BCUT2D eigenvalue weighted by atomic mass is 16.5. The molecule has 3 aromatic rings. The monoisotopic (exact) mass is 438 g/mol. The zero-order chi connectivity index (χ0) is 22.8. The summed E-state index contributed by atoms with van der Waals surface area (Å²) < 4.78 is 17.9. The molecule has 1 aromatic heterocycles. The predicted molar refractivity (Wildman–Crippen MR) is 122 cm³/mol. The van der Waals surface area contributed by atoms with Crippen molar-refractivity contribution in [1.29, 1.82) is 0 Å². The van der Waals surface area contributed by atoms with Gasteiger partial charge < -0.3 is 19.2 Å². The molecule has 0 aliphatic heterocycles. The van der Waals surface area contributed by atoms with E-state index in [1.54, 1.807) is 6.92 Å². The van der Waals surface area contributed by atoms with Crippen molar-refractivity contribution in [1.82, 2.24) is 9.55 Å². The summed E-state index contributed by atoms with van der Waals surface area (Å²) in [6, 6.07) is 19.9. The van der Waals surface area contributed by atoms with E-state index in [2.05, 4.69) is 4.98 Å². The molecule has 7 heteroatoms. The van der Waals surface area contributed by atoms with E-state index < -0.39 is 5.69 Å². The van der Waals surface area contributed by atoms with Gasteiger partial charge in [0.2, 0.25) is 0 Å². The molecule has 0 atom stereocenters. The lowest BCUT2D eigenvalue weighted by atomic mass is 10.0. The Labute approximate surface area is 187 Å². The second kappa shape index (κ2) is 12.1. The van der Waals surface area contributed by atoms with Gasteiger partial charge in [-0.25, -0.2) is 9.36 Å². The van der Waals surface area contributed by atoms with Crippen LogP contribution in [0.3, 0.4) is 0 Å². The summed E-state index contributed by atoms with van der Waals surface area (Å²) in [5.41, 5.74) is 2.44. The molecule has 0 bridgehead atoms. The van der Waals surface area contributed by atoms with Crippen LogP contribution in [-0.2, 0) is 40.6 Å². The molecule has 0 radical (unpaired) electrons. The number of nitrogens with zero attached hydrogens (tertiary/aromatic N) is 1. The van der Waals surface area contributed by atoms with Crippen LogP contribution in [0, 0.1) is 12.8 Å². The number of nitrogens with one attached hydrogen (secondary N) is 1. The minimum atomic E-state index is -0.480. The first-order chi connectivity index (χ1) is 15.6. The summed E-state index contributed by atoms with van der Waals surface area (Å²) in [5, 5.41) is 0. The summed E-state index contributed by atoms with van der Waals surface area (Å²) in [5.74, 6) is -0.0329. The molecule has 32 heavy (non-hydrogen) atoms. The van der Waals surface area contributed by atoms with Crippen LogP contribution < -0.4 is 11.2 Å². The maximum absolute atomic E-state index is 12.6. The molecule has 170 valence electrons. The number of benzene rings is 2. The molecule has 0 saturated heterocycles. The average molecular weight is 439 g/mol. The second-order valence-corrected chi connectivity index (χ2v) is 7.76. The minimum Gasteiger partial charge on any atom is -0.376 e. The van der Waals surface area contributed by atoms with Crippen molar-refractivity contribution in [3.63, 3.8) is 0 Å². The highest BCUT2D eigenvalue weighted by molar-refractivity contribution is 5.16. The van der Waals surface area contributed by atoms with Gasteiger partial charge in [0.1, 0.15) is 6.73 Å². The third kappa shape index (κ3) is 6.75. The maximum atomic E-state index is 12.6. The van der Waals surface area contributed by atoms with Crippen molar-refractivity contribution in [2.24, 2.45) is 5.92 Å². The normalized spacial score (nSPS) is 11.2. The number of H-pyrrole nitrogens is 1. The fraction of sp³-hybridized carbons (Fsp3) is 0.360. The Morgan fingerprint density at radius 3 is 1.91 bits per heavy atom. The van der Waals surface area contributed by atoms with Crippen LogP contribution in [0.2, 0.25) is 0 Å². The largest absolute Gasteiger partial charge is 0.376 e. The Hall–Kier alpha value is -3.00. The molecule has 0 spiro atoms. The number of aromatic amines is 1. The third-order valence-electron chi connectivity index (χ3n) is 5.20. The smallest absolute Gasteiger partial charge is 0.330 e. The zero-order valence-corrected chi connectivity index (χ0v) is 18.6. The van der Waals surface area contributed by atoms with Gasteiger partial charge in [-0.1, -0.05) is 60.7 Å². The number of hydrogen-bond acceptors (Lipinski definition) is 5. The van der Waals surface area contributed by atoms with Crippen molar-refractivity contribution in [3.05, 3.63) is 104 Å². The van der Waals surface area contributed by atoms with Crippen LogP contribution in [0.15, 0.2) is 70.3 Å². The lowest BCUT2D eigenvalue weighted by Crippen LogP contribution is -2.39. The van der Waals surface area contributed by atoms with Crippen molar-refractivity contribution in [3.8, 4) is 0 Å². The van der Waals surface area contributed by atoms with Crippen LogP contribution in [0.1, 0.15) is 22.4 Å². The van der Waals surface area contributed by atoms with Gasteiger partial charge >= 0.3 is 5.69 Å². The molecule has 0 saturated carbocycles. The first kappa shape index (κ1) is 23.7. The number of methoxy groups -OCH3 is 1. The van der Waals surface area contributed by atoms with Crippen LogP contribution in [0.4, 0.5) is 0 Å². The fourth-order valence-electron chi connectivity index (χ4n) is 3.45. The van der Waals surface area contributed by atoms with E-state index in [1.165, 1.54) is 7.11 Å². The topological polar surface area (TPSA) is 82.6 Å². The highest BCUT2D eigenvalue weighted by Crippen LogP contribution is 2.12. The van der Waals surface area contributed by atoms with E-state index >= 15 is 0 Å². The molecule has 1 N–H and O–H groups in total. The highest BCUT2D eigenvalue weighted by Gasteiger charge is 2.17. The van der Waals surface area contributed by atoms with Gasteiger partial charge in [0.15, 0.2) is 0 Å². The zero-order valence-electron chi connectivity index (χ0n) is 18.6. The number of rotatable bonds is 12. The SMILES string of the molecule is COCn1c(=O)[nH]c(CC(COCc2ccccc2)COCc2ccccc2)c(C)c1=O. The lowest BCUT2D eigenvalue weighted by molar-refractivity contribution is 0.0267. The maximum Gasteiger partial charge on any atom is 0.330 e. The molecule has 1 heterocycles. The standard InChI is InChI=1S/C25H30N2O5/c1-19-23(26-25(29)27(18-30-2)24(19)28)13-22(16-31-14-20-9-5-3-6-10-20)17-32-15-21-11-7-4-8-12-21/h3-12,22H,13-18H2,1-2H3,(H,26,29). The number of aromatic nitrogens is 2. The number of ether oxygens (including phenoxy) is 3. The molecule has 0 amide bonds. The molecule has 0 aliphatic carbocycles. The summed E-state index contributed by atoms with van der Waals surface area (Å²) >= 11 is 0. The van der Waals surface area contributed by atoms with Crippen molar-refractivity contribution in [2.45, 2.75) is 33.3 Å². The van der Waals surface area contributed by atoms with Gasteiger partial charge in [0.05, 0.1) is 26.4 Å². The third-order valence-corrected chi connectivity index (χ3v) is 5.20. The van der Waals surface area contributed by atoms with E-state index in [4.69, 9.17) is 14.2 Å². The number of hydrogen-bond donors (Lipinski definition) is 1. The Bertz CT molecular complexity index is 1030. The summed E-state index contributed by atoms with van der Waals surface area (Å²) in [7, 11) is 1.44. The van der Waals surface area contributed by atoms with Gasteiger partial charge in [0, 0.05) is 24.3 Å². The van der Waals surface area contributed by atoms with Crippen molar-refractivity contribution >= 4 is 0 Å². The Balaban J connectivity index is 1.69. The summed E-state index contributed by atoms with van der Waals surface area (Å²) in [6.07, 6.45) is 0.466. The fourth-order valence-corrected chi connectivity index (χ4v) is 3.45. The second-order valence-electron chi connectivity index (χ2n) is 7.76. The predicted octanol–water partition coefficient (Wildman–Crippen LogP) is 3.04. The van der Waals surface area contributed by atoms with E-state index in [0.717, 1.165) is 15.7 Å². The van der Waals surface area contributed by atoms with Crippen LogP contribution in [-0.4, -0.2) is 29.9 Å². The first-order valence-electron chi connectivity index (χ1n) is 10.6. The Kier molecular flexibility index (Phi) is 8.98. The van der Waals surface area contributed by atoms with Gasteiger partial charge in [-0.3, -0.25) is 4.79 Å². The molecular formula is C25H30N2O5. The van der Waals surface area contributed by atoms with Crippen molar-refractivity contribution in [2.75, 3.05) is 20.3 Å². The van der Waals surface area contributed by atoms with E-state index in [1.807, 2.05) is 60.7 Å². The Morgan fingerprint density at radius 1 is 0.875 bits per heavy atom. The summed E-state index contributed by atoms with van der Waals surface area (Å²) in [6.45, 7) is 3.48. The molecule has 2 aromatic carbocycles. The van der Waals surface area contributed by atoms with Crippen molar-refractivity contribution < 1.29 is 14.2 Å². The average Bonchev–Trinajstić information content (AvgIpc) is 2.81. The molecule has 0 unspecified atom stereocenters. The van der Waals surface area contributed by atoms with E-state index in [9.17, 15) is 9.59 Å². The molecule has 7 nitrogen and oxygen atoms in total. The minimum absolute atomic E-state index is 0.0329. The van der Waals surface area contributed by atoms with Gasteiger partial charge in [-0.2, -0.15) is 0 Å². The van der Waals surface area contributed by atoms with Gasteiger partial charge in [-0.15, -0.1) is 0 Å². The molecule has 0 fully saturated rings. The first-order valence-corrected chi connectivity index (χ1v) is 10.6. The molecular weight excluding hydrogens is 408 g/mol. The lowest BCUT2D eigenvalue weighted by Gasteiger charge is -2.19. The van der Waals surface area contributed by atoms with E-state index in [-0.39, 0.29) is 18.2 Å². The summed E-state index contributed by atoms with van der Waals surface area (Å²) in [4.78, 5) is 27.8. The quantitative estimate of drug-likeness (QED) is 0.470. The van der Waals surface area contributed by atoms with Gasteiger partial charge in [-0.05, 0) is 24.5 Å². The van der Waals surface area contributed by atoms with Gasteiger partial charge in [0.25, 0.3) is 5.56 Å². The molecule has 3 rings (SSSR count). The van der Waals surface area contributed by atoms with Crippen LogP contribution >= 0.6 is 0 Å². The van der Waals surface area contributed by atoms with E-state index in [0.29, 0.717) is 44.1 Å². The Morgan fingerprint density at radius 2 is 1.41 bits per heavy atom.